The second-order valence-corrected chi connectivity index (χ2v) is 5.62. The molecule has 1 N–H and O–H groups in total. The van der Waals surface area contributed by atoms with Crippen molar-refractivity contribution in [2.75, 3.05) is 7.05 Å². The van der Waals surface area contributed by atoms with Gasteiger partial charge < -0.3 is 4.90 Å². The maximum atomic E-state index is 12.5. The maximum Gasteiger partial charge on any atom is 0.270 e. The molecule has 8 nitrogen and oxygen atoms in total. The third kappa shape index (κ3) is 3.17. The molecule has 24 heavy (non-hydrogen) atoms. The Hall–Kier alpha value is -3.03. The molecule has 1 aliphatic rings. The zero-order valence-electron chi connectivity index (χ0n) is 13.5. The Morgan fingerprint density at radius 2 is 2.04 bits per heavy atom. The molecule has 0 radical (unpaired) electrons. The Morgan fingerprint density at radius 3 is 2.62 bits per heavy atom. The van der Waals surface area contributed by atoms with Gasteiger partial charge in [-0.2, -0.15) is 10.2 Å². The first-order valence-electron chi connectivity index (χ1n) is 7.64. The van der Waals surface area contributed by atoms with Gasteiger partial charge in [-0.25, -0.2) is 15.1 Å². The van der Waals surface area contributed by atoms with Crippen molar-refractivity contribution in [3.8, 4) is 5.69 Å². The summed E-state index contributed by atoms with van der Waals surface area (Å²) < 4.78 is 1.67. The number of benzene rings is 1. The van der Waals surface area contributed by atoms with Crippen LogP contribution in [0.4, 0.5) is 0 Å². The molecule has 0 bridgehead atoms. The van der Waals surface area contributed by atoms with Crippen molar-refractivity contribution in [2.45, 2.75) is 25.8 Å². The summed E-state index contributed by atoms with van der Waals surface area (Å²) >= 11 is 0. The van der Waals surface area contributed by atoms with E-state index in [9.17, 15) is 9.59 Å². The molecule has 0 aliphatic carbocycles. The van der Waals surface area contributed by atoms with E-state index in [2.05, 4.69) is 20.6 Å². The number of hydrogen-bond acceptors (Lipinski definition) is 5. The van der Waals surface area contributed by atoms with Gasteiger partial charge in [0.05, 0.1) is 11.7 Å². The van der Waals surface area contributed by atoms with E-state index in [4.69, 9.17) is 0 Å². The monoisotopic (exact) mass is 326 g/mol. The van der Waals surface area contributed by atoms with E-state index in [1.54, 1.807) is 23.0 Å². The van der Waals surface area contributed by atoms with Crippen LogP contribution >= 0.6 is 0 Å². The van der Waals surface area contributed by atoms with Crippen molar-refractivity contribution in [1.82, 2.24) is 25.1 Å². The minimum atomic E-state index is -0.178. The number of hydrazone groups is 1. The van der Waals surface area contributed by atoms with Crippen molar-refractivity contribution in [3.63, 3.8) is 0 Å². The van der Waals surface area contributed by atoms with Crippen LogP contribution in [0.5, 0.6) is 0 Å². The Labute approximate surface area is 139 Å². The van der Waals surface area contributed by atoms with E-state index < -0.39 is 0 Å². The van der Waals surface area contributed by atoms with Crippen LogP contribution in [0.3, 0.4) is 0 Å². The van der Waals surface area contributed by atoms with Crippen LogP contribution in [0.2, 0.25) is 0 Å². The number of nitrogens with one attached hydrogen (secondary N) is 1. The van der Waals surface area contributed by atoms with Crippen molar-refractivity contribution >= 4 is 17.5 Å². The van der Waals surface area contributed by atoms with Crippen LogP contribution < -0.4 is 5.43 Å². The summed E-state index contributed by atoms with van der Waals surface area (Å²) in [6.07, 6.45) is 3.77. The number of carbonyl (C=O) groups is 2. The third-order valence-corrected chi connectivity index (χ3v) is 4.11. The molecule has 0 saturated carbocycles. The van der Waals surface area contributed by atoms with E-state index in [0.717, 1.165) is 11.3 Å². The van der Waals surface area contributed by atoms with E-state index >= 15 is 0 Å². The molecule has 2 amide bonds. The van der Waals surface area contributed by atoms with Crippen LogP contribution in [0.1, 0.15) is 31.4 Å². The molecule has 0 unspecified atom stereocenters. The summed E-state index contributed by atoms with van der Waals surface area (Å²) in [5.41, 5.74) is 4.63. The molecule has 0 fully saturated rings. The minimum Gasteiger partial charge on any atom is -0.334 e. The highest BCUT2D eigenvalue weighted by Gasteiger charge is 2.25. The predicted octanol–water partition coefficient (Wildman–Crippen LogP) is 1.05. The molecule has 1 atom stereocenters. The normalized spacial score (nSPS) is 15.4. The van der Waals surface area contributed by atoms with Crippen molar-refractivity contribution in [1.29, 1.82) is 0 Å². The highest BCUT2D eigenvalue weighted by atomic mass is 16.2. The number of rotatable bonds is 4. The molecule has 1 aromatic heterocycles. The van der Waals surface area contributed by atoms with Crippen LogP contribution in [0, 0.1) is 0 Å². The molecule has 1 aromatic carbocycles. The molecule has 124 valence electrons. The molecule has 2 aromatic rings. The summed E-state index contributed by atoms with van der Waals surface area (Å²) in [5.74, 6) is -0.339. The Morgan fingerprint density at radius 1 is 1.29 bits per heavy atom. The molecular weight excluding hydrogens is 308 g/mol. The van der Waals surface area contributed by atoms with Gasteiger partial charge in [0.15, 0.2) is 0 Å². The summed E-state index contributed by atoms with van der Waals surface area (Å²) in [5, 5.41) is 7.95. The van der Waals surface area contributed by atoms with Gasteiger partial charge in [0, 0.05) is 19.9 Å². The number of amides is 2. The van der Waals surface area contributed by atoms with Crippen LogP contribution in [-0.4, -0.2) is 44.2 Å². The van der Waals surface area contributed by atoms with Crippen LogP contribution in [0.15, 0.2) is 42.0 Å². The fourth-order valence-electron chi connectivity index (χ4n) is 2.48. The van der Waals surface area contributed by atoms with Gasteiger partial charge in [0.25, 0.3) is 5.91 Å². The van der Waals surface area contributed by atoms with Gasteiger partial charge >= 0.3 is 0 Å². The summed E-state index contributed by atoms with van der Waals surface area (Å²) in [6, 6.07) is 7.64. The fraction of sp³-hybridized carbons (Fsp3) is 0.312. The lowest BCUT2D eigenvalue weighted by molar-refractivity contribution is -0.125. The van der Waals surface area contributed by atoms with Gasteiger partial charge in [-0.05, 0) is 24.6 Å². The lowest BCUT2D eigenvalue weighted by Gasteiger charge is -2.26. The SMILES string of the molecule is C[C@H](c1ccc(-n2cncn2)cc1)N(C)C(=O)C1=NNC(=O)CC1. The smallest absolute Gasteiger partial charge is 0.270 e. The Bertz CT molecular complexity index is 766. The highest BCUT2D eigenvalue weighted by molar-refractivity contribution is 6.39. The van der Waals surface area contributed by atoms with E-state index in [-0.39, 0.29) is 17.9 Å². The molecule has 2 heterocycles. The number of nitrogens with zero attached hydrogens (tertiary/aromatic N) is 5. The van der Waals surface area contributed by atoms with Gasteiger partial charge in [-0.3, -0.25) is 9.59 Å². The number of carbonyl (C=O) groups excluding carboxylic acids is 2. The van der Waals surface area contributed by atoms with E-state index in [1.165, 1.54) is 6.33 Å². The molecule has 0 spiro atoms. The average molecular weight is 326 g/mol. The zero-order valence-corrected chi connectivity index (χ0v) is 13.5. The van der Waals surface area contributed by atoms with Gasteiger partial charge in [-0.15, -0.1) is 0 Å². The third-order valence-electron chi connectivity index (χ3n) is 4.11. The first kappa shape index (κ1) is 15.9. The van der Waals surface area contributed by atoms with Gasteiger partial charge in [0.1, 0.15) is 18.4 Å². The standard InChI is InChI=1S/C16H18N6O2/c1-11(21(2)16(24)14-7-8-15(23)20-19-14)12-3-5-13(6-4-12)22-10-17-9-18-22/h3-6,9-11H,7-8H2,1-2H3,(H,20,23)/t11-/m1/s1. The molecule has 1 aliphatic heterocycles. The van der Waals surface area contributed by atoms with Crippen molar-refractivity contribution in [2.24, 2.45) is 5.10 Å². The Balaban J connectivity index is 1.72. The summed E-state index contributed by atoms with van der Waals surface area (Å²) in [4.78, 5) is 29.2. The van der Waals surface area contributed by atoms with Gasteiger partial charge in [0.2, 0.25) is 5.91 Å². The highest BCUT2D eigenvalue weighted by Crippen LogP contribution is 2.21. The number of aromatic nitrogens is 3. The first-order valence-corrected chi connectivity index (χ1v) is 7.64. The molecule has 0 saturated heterocycles. The second-order valence-electron chi connectivity index (χ2n) is 5.62. The molecule has 8 heteroatoms. The molecule has 3 rings (SSSR count). The van der Waals surface area contributed by atoms with E-state index in [0.29, 0.717) is 18.6 Å². The number of hydrogen-bond donors (Lipinski definition) is 1. The Kier molecular flexibility index (Phi) is 4.37. The maximum absolute atomic E-state index is 12.5. The summed E-state index contributed by atoms with van der Waals surface area (Å²) in [7, 11) is 1.73. The van der Waals surface area contributed by atoms with Gasteiger partial charge in [-0.1, -0.05) is 12.1 Å². The lowest BCUT2D eigenvalue weighted by atomic mass is 10.1. The quantitative estimate of drug-likeness (QED) is 0.909. The predicted molar refractivity (Wildman–Crippen MR) is 87.4 cm³/mol. The summed E-state index contributed by atoms with van der Waals surface area (Å²) in [6.45, 7) is 1.95. The zero-order chi connectivity index (χ0) is 17.1. The van der Waals surface area contributed by atoms with Crippen LogP contribution in [-0.2, 0) is 9.59 Å². The van der Waals surface area contributed by atoms with Crippen molar-refractivity contribution < 1.29 is 9.59 Å². The van der Waals surface area contributed by atoms with Crippen LogP contribution in [0.25, 0.3) is 5.69 Å². The van der Waals surface area contributed by atoms with Crippen molar-refractivity contribution in [3.05, 3.63) is 42.5 Å². The topological polar surface area (TPSA) is 92.5 Å². The fourth-order valence-corrected chi connectivity index (χ4v) is 2.48. The minimum absolute atomic E-state index is 0.123. The van der Waals surface area contributed by atoms with E-state index in [1.807, 2.05) is 31.2 Å². The average Bonchev–Trinajstić information content (AvgIpc) is 3.15. The second kappa shape index (κ2) is 6.61. The largest absolute Gasteiger partial charge is 0.334 e. The lowest BCUT2D eigenvalue weighted by Crippen LogP contribution is -2.39. The first-order chi connectivity index (χ1) is 11.6. The molecular formula is C16H18N6O2.